The van der Waals surface area contributed by atoms with Gasteiger partial charge in [-0.2, -0.15) is 4.39 Å². The van der Waals surface area contributed by atoms with Crippen molar-refractivity contribution in [2.75, 3.05) is 49.7 Å². The van der Waals surface area contributed by atoms with E-state index in [2.05, 4.69) is 22.1 Å². The molecule has 15 heteroatoms. The molecular formula is C31H31ClFN7O6. The molecule has 13 nitrogen and oxygen atoms in total. The molecule has 2 N–H and O–H groups in total. The van der Waals surface area contributed by atoms with Gasteiger partial charge in [-0.1, -0.05) is 25.4 Å². The summed E-state index contributed by atoms with van der Waals surface area (Å²) in [5.74, 6) is -0.507. The van der Waals surface area contributed by atoms with Crippen LogP contribution in [0.25, 0.3) is 22.2 Å². The van der Waals surface area contributed by atoms with E-state index >= 15 is 0 Å². The van der Waals surface area contributed by atoms with Crippen molar-refractivity contribution < 1.29 is 28.6 Å². The van der Waals surface area contributed by atoms with Crippen LogP contribution in [0.15, 0.2) is 23.1 Å². The standard InChI is InChI=1S/C31H31ClFN7O6/c1-3-37-4-6-38(7-5-37)21-10-20(25(32)29(33)35-21)34-23(42)13-39-12-19(18-9-17(14-41)26(43)28-27(18)45-15-46-28)24-30(39)36-22-8-16(2)11-40(22)31(24)44/h9-10,12,14,16,43H,3-8,11,13,15H2,1-2H3,(H,34,35,42). The molecule has 3 aliphatic rings. The van der Waals surface area contributed by atoms with Crippen LogP contribution < -0.4 is 25.2 Å². The lowest BCUT2D eigenvalue weighted by Gasteiger charge is -2.35. The molecule has 0 spiro atoms. The van der Waals surface area contributed by atoms with Crippen molar-refractivity contribution in [1.82, 2.24) is 24.0 Å². The van der Waals surface area contributed by atoms with Crippen LogP contribution in [0.3, 0.4) is 0 Å². The van der Waals surface area contributed by atoms with E-state index in [1.165, 1.54) is 10.6 Å². The summed E-state index contributed by atoms with van der Waals surface area (Å²) in [6, 6.07) is 2.97. The molecule has 0 radical (unpaired) electrons. The minimum atomic E-state index is -0.894. The lowest BCUT2D eigenvalue weighted by atomic mass is 10.0. The minimum absolute atomic E-state index is 0.0117. The van der Waals surface area contributed by atoms with Crippen LogP contribution >= 0.6 is 11.6 Å². The number of aromatic hydroxyl groups is 1. The topological polar surface area (TPSA) is 144 Å². The summed E-state index contributed by atoms with van der Waals surface area (Å²) in [5, 5.41) is 13.1. The normalized spacial score (nSPS) is 17.5. The van der Waals surface area contributed by atoms with Gasteiger partial charge in [0.2, 0.25) is 24.4 Å². The maximum Gasteiger partial charge on any atom is 0.263 e. The van der Waals surface area contributed by atoms with Crippen molar-refractivity contribution in [3.8, 4) is 28.4 Å². The molecular weight excluding hydrogens is 621 g/mol. The number of anilines is 2. The van der Waals surface area contributed by atoms with E-state index in [4.69, 9.17) is 26.1 Å². The number of hydrogen-bond donors (Lipinski definition) is 2. The Morgan fingerprint density at radius 3 is 2.67 bits per heavy atom. The van der Waals surface area contributed by atoms with Gasteiger partial charge < -0.3 is 34.3 Å². The highest BCUT2D eigenvalue weighted by atomic mass is 35.5. The predicted octanol–water partition coefficient (Wildman–Crippen LogP) is 3.27. The summed E-state index contributed by atoms with van der Waals surface area (Å²) in [5.41, 5.74) is 0.644. The molecule has 3 aromatic heterocycles. The average molecular weight is 652 g/mol. The Labute approximate surface area is 267 Å². The van der Waals surface area contributed by atoms with Crippen molar-refractivity contribution in [1.29, 1.82) is 0 Å². The van der Waals surface area contributed by atoms with Crippen LogP contribution in [0.5, 0.6) is 17.2 Å². The van der Waals surface area contributed by atoms with Crippen LogP contribution in [0.4, 0.5) is 15.9 Å². The fraction of sp³-hybridized carbons (Fsp3) is 0.387. The van der Waals surface area contributed by atoms with Gasteiger partial charge in [-0.3, -0.25) is 19.0 Å². The number of amides is 1. The number of pyridine rings is 1. The van der Waals surface area contributed by atoms with Gasteiger partial charge in [-0.25, -0.2) is 9.97 Å². The van der Waals surface area contributed by atoms with Crippen LogP contribution in [0.2, 0.25) is 5.02 Å². The number of nitrogens with zero attached hydrogens (tertiary/aromatic N) is 6. The summed E-state index contributed by atoms with van der Waals surface area (Å²) < 4.78 is 29.1. The van der Waals surface area contributed by atoms with Gasteiger partial charge in [0, 0.05) is 62.5 Å². The highest BCUT2D eigenvalue weighted by molar-refractivity contribution is 6.33. The van der Waals surface area contributed by atoms with Gasteiger partial charge in [0.05, 0.1) is 16.6 Å². The number of aldehydes is 1. The first kappa shape index (κ1) is 30.0. The molecule has 7 rings (SSSR count). The number of hydrogen-bond acceptors (Lipinski definition) is 10. The number of halogens is 2. The van der Waals surface area contributed by atoms with Crippen LogP contribution in [-0.2, 0) is 24.3 Å². The molecule has 1 aromatic carbocycles. The van der Waals surface area contributed by atoms with E-state index in [-0.39, 0.29) is 69.4 Å². The number of ether oxygens (including phenoxy) is 2. The first-order valence-corrected chi connectivity index (χ1v) is 15.4. The van der Waals surface area contributed by atoms with Crippen molar-refractivity contribution in [3.05, 3.63) is 51.0 Å². The highest BCUT2D eigenvalue weighted by Crippen LogP contribution is 2.49. The molecule has 1 atom stereocenters. The van der Waals surface area contributed by atoms with Gasteiger partial charge in [-0.15, -0.1) is 0 Å². The number of benzene rings is 1. The summed E-state index contributed by atoms with van der Waals surface area (Å²) >= 11 is 6.25. The second-order valence-corrected chi connectivity index (χ2v) is 12.1. The van der Waals surface area contributed by atoms with E-state index in [1.807, 2.05) is 11.8 Å². The first-order chi connectivity index (χ1) is 22.2. The number of piperazine rings is 1. The SMILES string of the molecule is CCN1CCN(c2cc(NC(=O)Cn3cc(-c4cc(C=O)c(O)c5c4OCO5)c4c(=O)n5c(nc43)CC(C)C5)c(Cl)c(F)n2)CC1. The molecule has 1 fully saturated rings. The molecule has 1 unspecified atom stereocenters. The number of aromatic nitrogens is 4. The molecule has 46 heavy (non-hydrogen) atoms. The van der Waals surface area contributed by atoms with Gasteiger partial charge >= 0.3 is 0 Å². The second-order valence-electron chi connectivity index (χ2n) is 11.8. The molecule has 3 aliphatic heterocycles. The first-order valence-electron chi connectivity index (χ1n) is 15.0. The number of likely N-dealkylation sites (N-methyl/N-ethyl adjacent to an activating group) is 1. The molecule has 1 amide bonds. The zero-order valence-corrected chi connectivity index (χ0v) is 25.9. The zero-order chi connectivity index (χ0) is 32.3. The van der Waals surface area contributed by atoms with Gasteiger partial charge in [0.25, 0.3) is 5.56 Å². The largest absolute Gasteiger partial charge is 0.504 e. The lowest BCUT2D eigenvalue weighted by molar-refractivity contribution is -0.116. The summed E-state index contributed by atoms with van der Waals surface area (Å²) in [7, 11) is 0. The van der Waals surface area contributed by atoms with E-state index in [9.17, 15) is 23.9 Å². The Kier molecular flexibility index (Phi) is 7.56. The number of nitrogens with one attached hydrogen (secondary N) is 1. The van der Waals surface area contributed by atoms with Crippen molar-refractivity contribution in [3.63, 3.8) is 0 Å². The monoisotopic (exact) mass is 651 g/mol. The molecule has 4 aromatic rings. The summed E-state index contributed by atoms with van der Waals surface area (Å²) in [6.45, 7) is 7.93. The Balaban J connectivity index is 1.27. The summed E-state index contributed by atoms with van der Waals surface area (Å²) in [6.07, 6.45) is 2.64. The number of rotatable bonds is 7. The van der Waals surface area contributed by atoms with Crippen molar-refractivity contribution >= 4 is 46.3 Å². The molecule has 1 saturated heterocycles. The van der Waals surface area contributed by atoms with E-state index < -0.39 is 11.9 Å². The Morgan fingerprint density at radius 2 is 1.93 bits per heavy atom. The number of phenolic OH excluding ortho intramolecular Hbond substituents is 1. The highest BCUT2D eigenvalue weighted by Gasteiger charge is 2.31. The smallest absolute Gasteiger partial charge is 0.263 e. The van der Waals surface area contributed by atoms with Crippen molar-refractivity contribution in [2.24, 2.45) is 5.92 Å². The average Bonchev–Trinajstić information content (AvgIpc) is 3.78. The molecule has 240 valence electrons. The number of carbonyl (C=O) groups excluding carboxylic acids is 2. The van der Waals surface area contributed by atoms with Gasteiger partial charge in [0.1, 0.15) is 28.9 Å². The third-order valence-corrected chi connectivity index (χ3v) is 9.14. The predicted molar refractivity (Wildman–Crippen MR) is 168 cm³/mol. The Bertz CT molecular complexity index is 1970. The summed E-state index contributed by atoms with van der Waals surface area (Å²) in [4.78, 5) is 52.3. The quantitative estimate of drug-likeness (QED) is 0.226. The molecule has 0 bridgehead atoms. The van der Waals surface area contributed by atoms with Gasteiger partial charge in [-0.05, 0) is 18.5 Å². The number of carbonyl (C=O) groups is 2. The van der Waals surface area contributed by atoms with E-state index in [0.29, 0.717) is 55.1 Å². The van der Waals surface area contributed by atoms with E-state index in [1.54, 1.807) is 16.8 Å². The minimum Gasteiger partial charge on any atom is -0.504 e. The maximum absolute atomic E-state index is 14.9. The molecule has 0 aliphatic carbocycles. The number of phenols is 1. The van der Waals surface area contributed by atoms with Crippen LogP contribution in [-0.4, -0.2) is 80.8 Å². The van der Waals surface area contributed by atoms with E-state index in [0.717, 1.165) is 19.6 Å². The number of fused-ring (bicyclic) bond motifs is 3. The van der Waals surface area contributed by atoms with Crippen LogP contribution in [0, 0.1) is 11.9 Å². The molecule has 6 heterocycles. The maximum atomic E-state index is 14.9. The van der Waals surface area contributed by atoms with Crippen LogP contribution in [0.1, 0.15) is 30.0 Å². The fourth-order valence-electron chi connectivity index (χ4n) is 6.41. The fourth-order valence-corrected chi connectivity index (χ4v) is 6.55. The molecule has 0 saturated carbocycles. The Hall–Kier alpha value is -4.69. The Morgan fingerprint density at radius 1 is 1.17 bits per heavy atom. The third kappa shape index (κ3) is 5.01. The second kappa shape index (κ2) is 11.6. The van der Waals surface area contributed by atoms with Crippen molar-refractivity contribution in [2.45, 2.75) is 33.4 Å². The van der Waals surface area contributed by atoms with Gasteiger partial charge in [0.15, 0.2) is 17.8 Å². The zero-order valence-electron chi connectivity index (χ0n) is 25.2. The third-order valence-electron chi connectivity index (χ3n) is 8.78. The lowest BCUT2D eigenvalue weighted by Crippen LogP contribution is -2.46.